The molecule has 1 fully saturated rings. The standard InChI is InChI=1S/C17H21BN2O3S/c1-16(2)17(3,4)23-18(22-16)13(10-24)5-11-6-14-12(9-21)8-20-15(14)19-7-11/h5-9,24H,10H2,1-4H3,(H,19,20). The van der Waals surface area contributed by atoms with Gasteiger partial charge in [-0.1, -0.05) is 6.08 Å². The molecule has 2 aromatic heterocycles. The maximum atomic E-state index is 11.1. The molecule has 7 heteroatoms. The first-order chi connectivity index (χ1) is 11.3. The van der Waals surface area contributed by atoms with Crippen LogP contribution < -0.4 is 0 Å². The lowest BCUT2D eigenvalue weighted by Crippen LogP contribution is -2.41. The summed E-state index contributed by atoms with van der Waals surface area (Å²) in [6.45, 7) is 8.08. The lowest BCUT2D eigenvalue weighted by molar-refractivity contribution is 0.00578. The average molecular weight is 344 g/mol. The third kappa shape index (κ3) is 2.92. The van der Waals surface area contributed by atoms with Crippen LogP contribution in [0.5, 0.6) is 0 Å². The first-order valence-corrected chi connectivity index (χ1v) is 8.50. The van der Waals surface area contributed by atoms with Gasteiger partial charge in [-0.15, -0.1) is 0 Å². The number of carbonyl (C=O) groups excluding carboxylic acids is 1. The molecule has 1 saturated heterocycles. The van der Waals surface area contributed by atoms with Crippen molar-refractivity contribution in [2.75, 3.05) is 5.75 Å². The van der Waals surface area contributed by atoms with E-state index >= 15 is 0 Å². The molecular weight excluding hydrogens is 323 g/mol. The van der Waals surface area contributed by atoms with E-state index in [1.807, 2.05) is 39.8 Å². The number of nitrogens with one attached hydrogen (secondary N) is 1. The Hall–Kier alpha value is -1.57. The normalized spacial score (nSPS) is 19.9. The second kappa shape index (κ2) is 6.06. The van der Waals surface area contributed by atoms with Crippen molar-refractivity contribution in [3.05, 3.63) is 35.1 Å². The highest BCUT2D eigenvalue weighted by Gasteiger charge is 2.52. The first kappa shape index (κ1) is 17.3. The number of hydrogen-bond acceptors (Lipinski definition) is 5. The largest absolute Gasteiger partial charge is 0.491 e. The van der Waals surface area contributed by atoms with Gasteiger partial charge in [0.25, 0.3) is 0 Å². The van der Waals surface area contributed by atoms with Gasteiger partial charge < -0.3 is 14.3 Å². The van der Waals surface area contributed by atoms with Gasteiger partial charge in [-0.3, -0.25) is 4.79 Å². The second-order valence-corrected chi connectivity index (χ2v) is 7.31. The van der Waals surface area contributed by atoms with Gasteiger partial charge in [-0.05, 0) is 44.8 Å². The van der Waals surface area contributed by atoms with Gasteiger partial charge in [-0.25, -0.2) is 4.98 Å². The third-order valence-electron chi connectivity index (χ3n) is 4.80. The summed E-state index contributed by atoms with van der Waals surface area (Å²) in [6.07, 6.45) is 6.19. The molecule has 2 aromatic rings. The van der Waals surface area contributed by atoms with E-state index in [-0.39, 0.29) is 0 Å². The Bertz CT molecular complexity index is 797. The first-order valence-electron chi connectivity index (χ1n) is 7.87. The number of aldehydes is 1. The Morgan fingerprint density at radius 3 is 2.58 bits per heavy atom. The average Bonchev–Trinajstić information content (AvgIpc) is 3.02. The van der Waals surface area contributed by atoms with Crippen molar-refractivity contribution in [2.45, 2.75) is 38.9 Å². The summed E-state index contributed by atoms with van der Waals surface area (Å²) in [5.74, 6) is 0.503. The number of rotatable bonds is 4. The van der Waals surface area contributed by atoms with Gasteiger partial charge in [0, 0.05) is 29.1 Å². The fourth-order valence-electron chi connectivity index (χ4n) is 2.61. The molecule has 0 saturated carbocycles. The van der Waals surface area contributed by atoms with Crippen molar-refractivity contribution in [3.8, 4) is 0 Å². The number of pyridine rings is 1. The summed E-state index contributed by atoms with van der Waals surface area (Å²) in [5, 5.41) is 0.797. The predicted molar refractivity (Wildman–Crippen MR) is 99.4 cm³/mol. The van der Waals surface area contributed by atoms with E-state index in [0.29, 0.717) is 17.0 Å². The van der Waals surface area contributed by atoms with Gasteiger partial charge in [0.2, 0.25) is 0 Å². The predicted octanol–water partition coefficient (Wildman–Crippen LogP) is 3.32. The number of aromatic amines is 1. The molecule has 0 atom stereocenters. The molecule has 1 aliphatic heterocycles. The van der Waals surface area contributed by atoms with E-state index in [4.69, 9.17) is 9.31 Å². The van der Waals surface area contributed by atoms with Gasteiger partial charge in [0.05, 0.1) is 11.2 Å². The van der Waals surface area contributed by atoms with Crippen LogP contribution in [0, 0.1) is 0 Å². The molecule has 0 unspecified atom stereocenters. The van der Waals surface area contributed by atoms with Crippen molar-refractivity contribution in [2.24, 2.45) is 0 Å². The topological polar surface area (TPSA) is 64.2 Å². The van der Waals surface area contributed by atoms with Crippen LogP contribution >= 0.6 is 12.6 Å². The third-order valence-corrected chi connectivity index (χ3v) is 5.17. The zero-order chi connectivity index (χ0) is 17.5. The quantitative estimate of drug-likeness (QED) is 0.507. The maximum absolute atomic E-state index is 11.1. The van der Waals surface area contributed by atoms with Crippen LogP contribution in [-0.2, 0) is 9.31 Å². The SMILES string of the molecule is CC1(C)OB(C(=Cc2cnc3[nH]cc(C=O)c3c2)CS)OC1(C)C. The van der Waals surface area contributed by atoms with Gasteiger partial charge >= 0.3 is 7.12 Å². The molecule has 3 heterocycles. The number of nitrogens with zero attached hydrogens (tertiary/aromatic N) is 1. The van der Waals surface area contributed by atoms with Crippen LogP contribution in [0.2, 0.25) is 0 Å². The Morgan fingerprint density at radius 2 is 2.00 bits per heavy atom. The summed E-state index contributed by atoms with van der Waals surface area (Å²) in [6, 6.07) is 1.93. The lowest BCUT2D eigenvalue weighted by Gasteiger charge is -2.32. The molecule has 0 bridgehead atoms. The Balaban J connectivity index is 1.95. The summed E-state index contributed by atoms with van der Waals surface area (Å²) < 4.78 is 12.2. The van der Waals surface area contributed by atoms with Crippen molar-refractivity contribution in [1.82, 2.24) is 9.97 Å². The summed E-state index contributed by atoms with van der Waals surface area (Å²) >= 11 is 4.42. The summed E-state index contributed by atoms with van der Waals surface area (Å²) in [4.78, 5) is 18.4. The van der Waals surface area contributed by atoms with Crippen molar-refractivity contribution >= 4 is 43.1 Å². The highest BCUT2D eigenvalue weighted by atomic mass is 32.1. The van der Waals surface area contributed by atoms with E-state index in [2.05, 4.69) is 22.6 Å². The molecule has 1 aliphatic rings. The van der Waals surface area contributed by atoms with Gasteiger partial charge in [0.1, 0.15) is 5.65 Å². The summed E-state index contributed by atoms with van der Waals surface area (Å²) in [7, 11) is -0.444. The molecule has 126 valence electrons. The summed E-state index contributed by atoms with van der Waals surface area (Å²) in [5.41, 5.74) is 2.29. The smallest absolute Gasteiger partial charge is 0.400 e. The van der Waals surface area contributed by atoms with E-state index in [1.54, 1.807) is 12.4 Å². The zero-order valence-electron chi connectivity index (χ0n) is 14.3. The Kier molecular flexibility index (Phi) is 4.36. The fraction of sp³-hybridized carbons (Fsp3) is 0.412. The number of aromatic nitrogens is 2. The molecule has 24 heavy (non-hydrogen) atoms. The van der Waals surface area contributed by atoms with E-state index in [1.165, 1.54) is 0 Å². The van der Waals surface area contributed by atoms with E-state index in [0.717, 1.165) is 22.7 Å². The van der Waals surface area contributed by atoms with Crippen LogP contribution in [0.4, 0.5) is 0 Å². The molecule has 3 rings (SSSR count). The number of fused-ring (bicyclic) bond motifs is 1. The van der Waals surface area contributed by atoms with Crippen LogP contribution in [0.15, 0.2) is 23.9 Å². The lowest BCUT2D eigenvalue weighted by atomic mass is 9.78. The highest BCUT2D eigenvalue weighted by molar-refractivity contribution is 7.80. The minimum Gasteiger partial charge on any atom is -0.400 e. The van der Waals surface area contributed by atoms with E-state index in [9.17, 15) is 4.79 Å². The van der Waals surface area contributed by atoms with Crippen LogP contribution in [0.25, 0.3) is 17.1 Å². The van der Waals surface area contributed by atoms with Crippen LogP contribution in [0.3, 0.4) is 0 Å². The minimum absolute atomic E-state index is 0.396. The zero-order valence-corrected chi connectivity index (χ0v) is 15.2. The molecule has 0 aromatic carbocycles. The molecule has 5 nitrogen and oxygen atoms in total. The Labute approximate surface area is 147 Å². The molecule has 0 aliphatic carbocycles. The molecule has 1 N–H and O–H groups in total. The number of thiol groups is 1. The molecule has 0 spiro atoms. The monoisotopic (exact) mass is 344 g/mol. The second-order valence-electron chi connectivity index (χ2n) is 6.99. The number of H-pyrrole nitrogens is 1. The van der Waals surface area contributed by atoms with Crippen molar-refractivity contribution in [1.29, 1.82) is 0 Å². The molecule has 0 radical (unpaired) electrons. The van der Waals surface area contributed by atoms with Gasteiger partial charge in [-0.2, -0.15) is 12.6 Å². The molecular formula is C17H21BN2O3S. The van der Waals surface area contributed by atoms with E-state index < -0.39 is 18.3 Å². The molecule has 0 amide bonds. The highest BCUT2D eigenvalue weighted by Crippen LogP contribution is 2.39. The number of hydrogen-bond donors (Lipinski definition) is 2. The van der Waals surface area contributed by atoms with Crippen molar-refractivity contribution in [3.63, 3.8) is 0 Å². The fourth-order valence-corrected chi connectivity index (χ4v) is 2.85. The minimum atomic E-state index is -0.444. The van der Waals surface area contributed by atoms with Crippen molar-refractivity contribution < 1.29 is 14.1 Å². The Morgan fingerprint density at radius 1 is 1.33 bits per heavy atom. The van der Waals surface area contributed by atoms with Crippen LogP contribution in [-0.4, -0.2) is 40.3 Å². The number of carbonyl (C=O) groups is 1. The van der Waals surface area contributed by atoms with Gasteiger partial charge in [0.15, 0.2) is 6.29 Å². The van der Waals surface area contributed by atoms with Crippen LogP contribution in [0.1, 0.15) is 43.6 Å². The maximum Gasteiger partial charge on any atom is 0.491 e.